The number of allylic oxidation sites excluding steroid dienone is 3. The zero-order valence-electron chi connectivity index (χ0n) is 17.2. The van der Waals surface area contributed by atoms with Crippen LogP contribution in [0.15, 0.2) is 23.3 Å². The van der Waals surface area contributed by atoms with Gasteiger partial charge in [0.05, 0.1) is 11.7 Å². The minimum atomic E-state index is -0.528. The average Bonchev–Trinajstić information content (AvgIpc) is 2.93. The second kappa shape index (κ2) is 6.21. The number of aliphatic hydroxyl groups is 2. The number of fused-ring (bicyclic) bond motifs is 5. The first-order valence-electron chi connectivity index (χ1n) is 11.0. The van der Waals surface area contributed by atoms with Crippen LogP contribution in [0.5, 0.6) is 0 Å². The van der Waals surface area contributed by atoms with Crippen LogP contribution in [-0.2, 0) is 0 Å². The van der Waals surface area contributed by atoms with E-state index in [0.29, 0.717) is 17.8 Å². The lowest BCUT2D eigenvalue weighted by atomic mass is 9.49. The lowest BCUT2D eigenvalue weighted by Crippen LogP contribution is -2.49. The summed E-state index contributed by atoms with van der Waals surface area (Å²) in [7, 11) is 0. The molecule has 4 aliphatic rings. The van der Waals surface area contributed by atoms with Crippen molar-refractivity contribution in [1.82, 2.24) is 0 Å². The predicted octanol–water partition coefficient (Wildman–Crippen LogP) is 5.40. The molecule has 0 amide bonds. The molecule has 7 atom stereocenters. The average molecular weight is 359 g/mol. The van der Waals surface area contributed by atoms with Crippen LogP contribution in [0.4, 0.5) is 0 Å². The Balaban J connectivity index is 1.67. The van der Waals surface area contributed by atoms with Gasteiger partial charge in [0.15, 0.2) is 0 Å². The molecule has 0 radical (unpaired) electrons. The molecule has 2 nitrogen and oxygen atoms in total. The molecule has 0 unspecified atom stereocenters. The summed E-state index contributed by atoms with van der Waals surface area (Å²) in [6.07, 6.45) is 14.5. The molecule has 0 aliphatic heterocycles. The fraction of sp³-hybridized carbons (Fsp3) is 0.833. The van der Waals surface area contributed by atoms with Crippen LogP contribution < -0.4 is 0 Å². The maximum absolute atomic E-state index is 11.2. The summed E-state index contributed by atoms with van der Waals surface area (Å²) in [5.74, 6) is 1.71. The summed E-state index contributed by atoms with van der Waals surface area (Å²) in [4.78, 5) is 0. The molecule has 0 bridgehead atoms. The molecule has 4 aliphatic carbocycles. The van der Waals surface area contributed by atoms with Gasteiger partial charge in [-0.1, -0.05) is 50.5 Å². The molecule has 0 aromatic rings. The van der Waals surface area contributed by atoms with Crippen LogP contribution in [0.25, 0.3) is 0 Å². The standard InChI is InChI=1S/C24H38O2/c1-5-12-24(4,26)21-9-8-19-18-7-6-16-15-17(25)10-13-22(16,2)20(18)11-14-23(19,21)3/h6-7,17,19-21,25-26H,5,8-15H2,1-4H3/t17-,19-,20-,21-,22-,23-,24-/m0/s1. The number of hydrogen-bond donors (Lipinski definition) is 2. The summed E-state index contributed by atoms with van der Waals surface area (Å²) in [5.41, 5.74) is 3.14. The van der Waals surface area contributed by atoms with Crippen LogP contribution in [0.3, 0.4) is 0 Å². The third-order valence-corrected chi connectivity index (χ3v) is 9.05. The summed E-state index contributed by atoms with van der Waals surface area (Å²) in [6.45, 7) is 9.22. The van der Waals surface area contributed by atoms with Crippen molar-refractivity contribution in [2.24, 2.45) is 28.6 Å². The highest BCUT2D eigenvalue weighted by molar-refractivity contribution is 5.39. The van der Waals surface area contributed by atoms with Crippen molar-refractivity contribution >= 4 is 0 Å². The van der Waals surface area contributed by atoms with Gasteiger partial charge in [0.25, 0.3) is 0 Å². The van der Waals surface area contributed by atoms with Gasteiger partial charge in [0.2, 0.25) is 0 Å². The topological polar surface area (TPSA) is 40.5 Å². The Hall–Kier alpha value is -0.600. The van der Waals surface area contributed by atoms with Crippen LogP contribution >= 0.6 is 0 Å². The monoisotopic (exact) mass is 358 g/mol. The fourth-order valence-electron chi connectivity index (χ4n) is 7.69. The van der Waals surface area contributed by atoms with Crippen LogP contribution in [0.1, 0.15) is 85.5 Å². The Labute approximate surface area is 159 Å². The van der Waals surface area contributed by atoms with Crippen LogP contribution in [0.2, 0.25) is 0 Å². The molecule has 146 valence electrons. The fourth-order valence-corrected chi connectivity index (χ4v) is 7.69. The summed E-state index contributed by atoms with van der Waals surface area (Å²) in [6, 6.07) is 0. The minimum Gasteiger partial charge on any atom is -0.393 e. The molecule has 0 aromatic carbocycles. The lowest BCUT2D eigenvalue weighted by molar-refractivity contribution is -0.0715. The number of aliphatic hydroxyl groups excluding tert-OH is 1. The summed E-state index contributed by atoms with van der Waals surface area (Å²) >= 11 is 0. The molecule has 2 N–H and O–H groups in total. The van der Waals surface area contributed by atoms with E-state index in [1.54, 1.807) is 5.57 Å². The van der Waals surface area contributed by atoms with Crippen molar-refractivity contribution in [3.8, 4) is 0 Å². The second-order valence-corrected chi connectivity index (χ2v) is 10.6. The molecule has 0 heterocycles. The lowest BCUT2D eigenvalue weighted by Gasteiger charge is -2.55. The Kier molecular flexibility index (Phi) is 4.47. The smallest absolute Gasteiger partial charge is 0.0653 e. The molecular weight excluding hydrogens is 320 g/mol. The van der Waals surface area contributed by atoms with Gasteiger partial charge in [0.1, 0.15) is 0 Å². The van der Waals surface area contributed by atoms with Gasteiger partial charge in [-0.3, -0.25) is 0 Å². The van der Waals surface area contributed by atoms with E-state index in [2.05, 4.69) is 39.8 Å². The Morgan fingerprint density at radius 2 is 1.85 bits per heavy atom. The van der Waals surface area contributed by atoms with E-state index in [-0.39, 0.29) is 16.9 Å². The van der Waals surface area contributed by atoms with E-state index in [4.69, 9.17) is 0 Å². The quantitative estimate of drug-likeness (QED) is 0.709. The van der Waals surface area contributed by atoms with Gasteiger partial charge in [-0.15, -0.1) is 0 Å². The van der Waals surface area contributed by atoms with Crippen molar-refractivity contribution in [3.05, 3.63) is 23.3 Å². The highest BCUT2D eigenvalue weighted by Gasteiger charge is 2.59. The van der Waals surface area contributed by atoms with Gasteiger partial charge in [0, 0.05) is 0 Å². The van der Waals surface area contributed by atoms with Gasteiger partial charge < -0.3 is 10.2 Å². The predicted molar refractivity (Wildman–Crippen MR) is 107 cm³/mol. The van der Waals surface area contributed by atoms with E-state index in [1.807, 2.05) is 0 Å². The molecule has 0 aromatic heterocycles. The summed E-state index contributed by atoms with van der Waals surface area (Å²) in [5, 5.41) is 21.4. The molecule has 26 heavy (non-hydrogen) atoms. The van der Waals surface area contributed by atoms with E-state index >= 15 is 0 Å². The maximum Gasteiger partial charge on any atom is 0.0653 e. The highest BCUT2D eigenvalue weighted by Crippen LogP contribution is 2.66. The van der Waals surface area contributed by atoms with Crippen LogP contribution in [-0.4, -0.2) is 21.9 Å². The van der Waals surface area contributed by atoms with Crippen molar-refractivity contribution in [1.29, 1.82) is 0 Å². The highest BCUT2D eigenvalue weighted by atomic mass is 16.3. The molecule has 0 saturated heterocycles. The van der Waals surface area contributed by atoms with Gasteiger partial charge in [-0.2, -0.15) is 0 Å². The molecule has 3 fully saturated rings. The van der Waals surface area contributed by atoms with Crippen molar-refractivity contribution < 1.29 is 10.2 Å². The largest absolute Gasteiger partial charge is 0.393 e. The Bertz CT molecular complexity index is 630. The van der Waals surface area contributed by atoms with E-state index in [1.165, 1.54) is 31.3 Å². The molecule has 3 saturated carbocycles. The maximum atomic E-state index is 11.2. The van der Waals surface area contributed by atoms with Gasteiger partial charge in [-0.05, 0) is 86.9 Å². The SMILES string of the molecule is CCC[C@](C)(O)[C@H]1CC[C@H]2C3=CC=C4C[C@@H](O)CC[C@]4(C)[C@H]3CC[C@@]21C. The molecule has 0 spiro atoms. The first kappa shape index (κ1) is 18.7. The Morgan fingerprint density at radius 1 is 1.08 bits per heavy atom. The summed E-state index contributed by atoms with van der Waals surface area (Å²) < 4.78 is 0. The van der Waals surface area contributed by atoms with Crippen molar-refractivity contribution in [2.45, 2.75) is 97.2 Å². The molecule has 4 rings (SSSR count). The Morgan fingerprint density at radius 3 is 2.58 bits per heavy atom. The van der Waals surface area contributed by atoms with E-state index < -0.39 is 5.60 Å². The molecular formula is C24H38O2. The van der Waals surface area contributed by atoms with Gasteiger partial charge >= 0.3 is 0 Å². The van der Waals surface area contributed by atoms with E-state index in [9.17, 15) is 10.2 Å². The van der Waals surface area contributed by atoms with Crippen LogP contribution in [0, 0.1) is 28.6 Å². The van der Waals surface area contributed by atoms with E-state index in [0.717, 1.165) is 32.1 Å². The second-order valence-electron chi connectivity index (χ2n) is 10.6. The number of rotatable bonds is 3. The number of hydrogen-bond acceptors (Lipinski definition) is 2. The first-order chi connectivity index (χ1) is 12.2. The van der Waals surface area contributed by atoms with Gasteiger partial charge in [-0.25, -0.2) is 0 Å². The minimum absolute atomic E-state index is 0.141. The molecule has 2 heteroatoms. The third-order valence-electron chi connectivity index (χ3n) is 9.05. The zero-order chi connectivity index (χ0) is 18.7. The zero-order valence-corrected chi connectivity index (χ0v) is 17.2. The van der Waals surface area contributed by atoms with Crippen molar-refractivity contribution in [3.63, 3.8) is 0 Å². The first-order valence-corrected chi connectivity index (χ1v) is 11.0. The normalized spacial score (nSPS) is 47.2. The third kappa shape index (κ3) is 2.58. The van der Waals surface area contributed by atoms with Crippen molar-refractivity contribution in [2.75, 3.05) is 0 Å².